The molecular formula is C27H23IN2O2S. The number of hydrogen-bond acceptors (Lipinski definition) is 5. The Morgan fingerprint density at radius 3 is 2.52 bits per heavy atom. The molecule has 4 nitrogen and oxygen atoms in total. The Kier molecular flexibility index (Phi) is 6.73. The van der Waals surface area contributed by atoms with Gasteiger partial charge in [-0.1, -0.05) is 78.5 Å². The monoisotopic (exact) mass is 566 g/mol. The minimum Gasteiger partial charge on any atom is -0.490 e. The smallest absolute Gasteiger partial charge is 0.174 e. The predicted octanol–water partition coefficient (Wildman–Crippen LogP) is 7.12. The van der Waals surface area contributed by atoms with E-state index in [-0.39, 0.29) is 5.37 Å². The largest absolute Gasteiger partial charge is 0.490 e. The minimum atomic E-state index is 0.0301. The molecule has 5 rings (SSSR count). The van der Waals surface area contributed by atoms with E-state index in [1.54, 1.807) is 11.8 Å². The number of nitrogens with one attached hydrogen (secondary N) is 1. The summed E-state index contributed by atoms with van der Waals surface area (Å²) in [5.74, 6) is 1.54. The molecule has 0 saturated heterocycles. The van der Waals surface area contributed by atoms with E-state index in [1.165, 1.54) is 10.8 Å². The second-order valence-corrected chi connectivity index (χ2v) is 9.90. The number of ether oxygens (including phenoxy) is 2. The fourth-order valence-corrected chi connectivity index (χ4v) is 5.52. The summed E-state index contributed by atoms with van der Waals surface area (Å²) in [7, 11) is 0. The summed E-state index contributed by atoms with van der Waals surface area (Å²) in [5.41, 5.74) is 6.62. The number of halogens is 1. The van der Waals surface area contributed by atoms with E-state index in [9.17, 15) is 0 Å². The third kappa shape index (κ3) is 4.96. The van der Waals surface area contributed by atoms with Crippen molar-refractivity contribution >= 4 is 50.2 Å². The zero-order valence-electron chi connectivity index (χ0n) is 18.1. The van der Waals surface area contributed by atoms with Crippen molar-refractivity contribution in [3.8, 4) is 11.5 Å². The van der Waals surface area contributed by atoms with E-state index in [2.05, 4.69) is 99.8 Å². The molecule has 33 heavy (non-hydrogen) atoms. The van der Waals surface area contributed by atoms with Crippen LogP contribution < -0.4 is 14.9 Å². The molecule has 0 spiro atoms. The van der Waals surface area contributed by atoms with Gasteiger partial charge >= 0.3 is 0 Å². The van der Waals surface area contributed by atoms with Crippen molar-refractivity contribution < 1.29 is 9.47 Å². The molecule has 1 heterocycles. The molecule has 1 N–H and O–H groups in total. The predicted molar refractivity (Wildman–Crippen MR) is 145 cm³/mol. The van der Waals surface area contributed by atoms with Gasteiger partial charge in [-0.15, -0.1) is 0 Å². The molecule has 1 aliphatic rings. The highest BCUT2D eigenvalue weighted by molar-refractivity contribution is 14.1. The Morgan fingerprint density at radius 2 is 1.70 bits per heavy atom. The Hall–Kier alpha value is -2.71. The lowest BCUT2D eigenvalue weighted by atomic mass is 10.1. The van der Waals surface area contributed by atoms with Gasteiger partial charge in [-0.25, -0.2) is 0 Å². The third-order valence-electron chi connectivity index (χ3n) is 5.37. The number of benzene rings is 4. The first-order chi connectivity index (χ1) is 16.2. The van der Waals surface area contributed by atoms with Gasteiger partial charge < -0.3 is 9.47 Å². The molecule has 0 bridgehead atoms. The van der Waals surface area contributed by atoms with Gasteiger partial charge in [0.05, 0.1) is 10.2 Å². The lowest BCUT2D eigenvalue weighted by Crippen LogP contribution is -2.09. The topological polar surface area (TPSA) is 42.8 Å². The zero-order valence-corrected chi connectivity index (χ0v) is 21.1. The van der Waals surface area contributed by atoms with Gasteiger partial charge in [0.15, 0.2) is 11.5 Å². The second-order valence-electron chi connectivity index (χ2n) is 7.64. The highest BCUT2D eigenvalue weighted by Gasteiger charge is 2.24. The van der Waals surface area contributed by atoms with Crippen LogP contribution in [0, 0.1) is 3.57 Å². The van der Waals surface area contributed by atoms with E-state index >= 15 is 0 Å². The Labute approximate surface area is 211 Å². The van der Waals surface area contributed by atoms with Crippen LogP contribution in [0.4, 0.5) is 0 Å². The average Bonchev–Trinajstić information content (AvgIpc) is 3.34. The summed E-state index contributed by atoms with van der Waals surface area (Å²) in [4.78, 5) is 0. The molecule has 0 aliphatic carbocycles. The molecular weight excluding hydrogens is 543 g/mol. The quantitative estimate of drug-likeness (QED) is 0.242. The van der Waals surface area contributed by atoms with E-state index in [1.807, 2.05) is 25.1 Å². The molecule has 0 amide bonds. The van der Waals surface area contributed by atoms with Gasteiger partial charge in [-0.2, -0.15) is 5.10 Å². The molecule has 166 valence electrons. The Bertz CT molecular complexity index is 1310. The molecule has 0 aromatic heterocycles. The molecule has 4 aromatic carbocycles. The van der Waals surface area contributed by atoms with Crippen molar-refractivity contribution in [2.45, 2.75) is 18.9 Å². The summed E-state index contributed by atoms with van der Waals surface area (Å²) in [6, 6.07) is 29.2. The number of nitrogens with zero attached hydrogens (tertiary/aromatic N) is 1. The average molecular weight is 566 g/mol. The SMILES string of the molecule is CCOc1cc([C@H]2NN=C(c3ccccc3)S2)cc(I)c1OCc1ccc2ccccc2c1. The highest BCUT2D eigenvalue weighted by atomic mass is 127. The van der Waals surface area contributed by atoms with Gasteiger partial charge in [0.2, 0.25) is 0 Å². The second kappa shape index (κ2) is 10.1. The summed E-state index contributed by atoms with van der Waals surface area (Å²) in [6.45, 7) is 3.05. The van der Waals surface area contributed by atoms with Crippen molar-refractivity contribution in [2.75, 3.05) is 6.61 Å². The first-order valence-electron chi connectivity index (χ1n) is 10.8. The zero-order chi connectivity index (χ0) is 22.6. The lowest BCUT2D eigenvalue weighted by molar-refractivity contribution is 0.267. The molecule has 4 aromatic rings. The van der Waals surface area contributed by atoms with Crippen LogP contribution in [0.3, 0.4) is 0 Å². The molecule has 0 fully saturated rings. The maximum Gasteiger partial charge on any atom is 0.174 e. The minimum absolute atomic E-state index is 0.0301. The summed E-state index contributed by atoms with van der Waals surface area (Å²) < 4.78 is 13.3. The van der Waals surface area contributed by atoms with Crippen LogP contribution in [0.25, 0.3) is 10.8 Å². The fraction of sp³-hybridized carbons (Fsp3) is 0.148. The molecule has 1 atom stereocenters. The number of thioether (sulfide) groups is 1. The maximum atomic E-state index is 6.28. The van der Waals surface area contributed by atoms with E-state index < -0.39 is 0 Å². The van der Waals surface area contributed by atoms with E-state index in [4.69, 9.17) is 9.47 Å². The number of hydrazone groups is 1. The van der Waals surface area contributed by atoms with Crippen LogP contribution in [0.15, 0.2) is 90.0 Å². The Balaban J connectivity index is 1.35. The van der Waals surface area contributed by atoms with Crippen LogP contribution in [0.5, 0.6) is 11.5 Å². The Morgan fingerprint density at radius 1 is 0.909 bits per heavy atom. The van der Waals surface area contributed by atoms with Gasteiger partial charge in [-0.3, -0.25) is 5.43 Å². The number of hydrogen-bond donors (Lipinski definition) is 1. The number of rotatable bonds is 7. The van der Waals surface area contributed by atoms with Crippen molar-refractivity contribution in [1.82, 2.24) is 5.43 Å². The van der Waals surface area contributed by atoms with Crippen LogP contribution >= 0.6 is 34.4 Å². The summed E-state index contributed by atoms with van der Waals surface area (Å²) in [6.07, 6.45) is 0. The van der Waals surface area contributed by atoms with Crippen molar-refractivity contribution in [1.29, 1.82) is 0 Å². The fourth-order valence-electron chi connectivity index (χ4n) is 3.76. The number of fused-ring (bicyclic) bond motifs is 1. The van der Waals surface area contributed by atoms with Crippen molar-refractivity contribution in [3.63, 3.8) is 0 Å². The third-order valence-corrected chi connectivity index (χ3v) is 7.33. The molecule has 1 aliphatic heterocycles. The molecule has 0 saturated carbocycles. The van der Waals surface area contributed by atoms with Crippen molar-refractivity contribution in [3.05, 3.63) is 105 Å². The van der Waals surface area contributed by atoms with Crippen LogP contribution in [-0.2, 0) is 6.61 Å². The molecule has 0 unspecified atom stereocenters. The van der Waals surface area contributed by atoms with Crippen LogP contribution in [-0.4, -0.2) is 11.7 Å². The normalized spacial score (nSPS) is 15.2. The maximum absolute atomic E-state index is 6.28. The first-order valence-corrected chi connectivity index (χ1v) is 12.8. The highest BCUT2D eigenvalue weighted by Crippen LogP contribution is 2.41. The van der Waals surface area contributed by atoms with Crippen LogP contribution in [0.1, 0.15) is 29.0 Å². The van der Waals surface area contributed by atoms with E-state index in [0.717, 1.165) is 36.8 Å². The van der Waals surface area contributed by atoms with Gasteiger partial charge in [0, 0.05) is 5.56 Å². The van der Waals surface area contributed by atoms with Gasteiger partial charge in [0.1, 0.15) is 17.0 Å². The summed E-state index contributed by atoms with van der Waals surface area (Å²) >= 11 is 4.04. The first kappa shape index (κ1) is 22.1. The van der Waals surface area contributed by atoms with Gasteiger partial charge in [0.25, 0.3) is 0 Å². The molecule has 0 radical (unpaired) electrons. The molecule has 6 heteroatoms. The van der Waals surface area contributed by atoms with E-state index in [0.29, 0.717) is 13.2 Å². The van der Waals surface area contributed by atoms with Crippen LogP contribution in [0.2, 0.25) is 0 Å². The van der Waals surface area contributed by atoms with Crippen molar-refractivity contribution in [2.24, 2.45) is 5.10 Å². The standard InChI is InChI=1S/C27H23IN2O2S/c1-2-31-24-16-22(27-30-29-26(33-27)20-9-4-3-5-10-20)15-23(28)25(24)32-17-18-12-13-19-8-6-7-11-21(19)14-18/h3-16,27,30H,2,17H2,1H3/t27-/m0/s1. The lowest BCUT2D eigenvalue weighted by Gasteiger charge is -2.18. The van der Waals surface area contributed by atoms with Gasteiger partial charge in [-0.05, 0) is 69.6 Å². The summed E-state index contributed by atoms with van der Waals surface area (Å²) in [5, 5.41) is 8.01.